The second-order valence-electron chi connectivity index (χ2n) is 7.50. The number of para-hydroxylation sites is 1. The highest BCUT2D eigenvalue weighted by Crippen LogP contribution is 2.40. The van der Waals surface area contributed by atoms with Crippen LogP contribution in [0.15, 0.2) is 24.3 Å². The zero-order chi connectivity index (χ0) is 14.9. The normalized spacial score (nSPS) is 32.6. The molecule has 1 saturated carbocycles. The number of hydrogen-bond acceptors (Lipinski definition) is 2. The van der Waals surface area contributed by atoms with Gasteiger partial charge in [0.05, 0.1) is 0 Å². The summed E-state index contributed by atoms with van der Waals surface area (Å²) in [6, 6.07) is 8.73. The average molecular weight is 285 g/mol. The van der Waals surface area contributed by atoms with E-state index in [1.807, 2.05) is 0 Å². The monoisotopic (exact) mass is 285 g/mol. The predicted octanol–water partition coefficient (Wildman–Crippen LogP) is 4.08. The smallest absolute Gasteiger partial charge is 0.127 e. The van der Waals surface area contributed by atoms with Crippen LogP contribution in [0.5, 0.6) is 0 Å². The van der Waals surface area contributed by atoms with Crippen LogP contribution in [0.1, 0.15) is 45.1 Å². The first-order valence-corrected chi connectivity index (χ1v) is 8.41. The molecule has 2 aliphatic rings. The highest BCUT2D eigenvalue weighted by Gasteiger charge is 2.37. The van der Waals surface area contributed by atoms with Crippen LogP contribution in [0, 0.1) is 17.3 Å². The minimum atomic E-state index is -0.123. The summed E-state index contributed by atoms with van der Waals surface area (Å²) in [5, 5.41) is 0. The van der Waals surface area contributed by atoms with Gasteiger partial charge in [-0.2, -0.15) is 0 Å². The van der Waals surface area contributed by atoms with Gasteiger partial charge in [0.1, 0.15) is 6.29 Å². The number of nitrogens with zero attached hydrogens (tertiary/aromatic N) is 1. The molecule has 3 unspecified atom stereocenters. The van der Waals surface area contributed by atoms with Gasteiger partial charge in [0.15, 0.2) is 0 Å². The van der Waals surface area contributed by atoms with Crippen molar-refractivity contribution in [1.82, 2.24) is 0 Å². The highest BCUT2D eigenvalue weighted by atomic mass is 16.1. The first kappa shape index (κ1) is 14.6. The van der Waals surface area contributed by atoms with E-state index in [0.29, 0.717) is 11.8 Å². The summed E-state index contributed by atoms with van der Waals surface area (Å²) in [7, 11) is 0. The summed E-state index contributed by atoms with van der Waals surface area (Å²) in [6.45, 7) is 6.60. The van der Waals surface area contributed by atoms with Crippen molar-refractivity contribution in [1.29, 1.82) is 0 Å². The van der Waals surface area contributed by atoms with Crippen LogP contribution in [0.25, 0.3) is 0 Å². The molecule has 1 aromatic carbocycles. The van der Waals surface area contributed by atoms with E-state index in [2.05, 4.69) is 43.0 Å². The Morgan fingerprint density at radius 2 is 2.10 bits per heavy atom. The van der Waals surface area contributed by atoms with Crippen molar-refractivity contribution in [2.75, 3.05) is 18.0 Å². The van der Waals surface area contributed by atoms with Gasteiger partial charge in [-0.3, -0.25) is 0 Å². The zero-order valence-corrected chi connectivity index (χ0v) is 13.3. The van der Waals surface area contributed by atoms with Gasteiger partial charge in [-0.1, -0.05) is 44.9 Å². The Kier molecular flexibility index (Phi) is 4.05. The molecule has 1 aliphatic heterocycles. The van der Waals surface area contributed by atoms with Crippen LogP contribution < -0.4 is 4.90 Å². The van der Waals surface area contributed by atoms with Gasteiger partial charge in [0.2, 0.25) is 0 Å². The molecule has 1 heterocycles. The average Bonchev–Trinajstić information content (AvgIpc) is 2.47. The van der Waals surface area contributed by atoms with Gasteiger partial charge >= 0.3 is 0 Å². The third kappa shape index (κ3) is 3.00. The van der Waals surface area contributed by atoms with E-state index >= 15 is 0 Å². The molecule has 0 aromatic heterocycles. The summed E-state index contributed by atoms with van der Waals surface area (Å²) in [5.41, 5.74) is 2.68. The third-order valence-electron chi connectivity index (χ3n) is 5.32. The lowest BCUT2D eigenvalue weighted by molar-refractivity contribution is -0.118. The van der Waals surface area contributed by atoms with Crippen LogP contribution in [0.4, 0.5) is 5.69 Å². The number of rotatable bonds is 3. The summed E-state index contributed by atoms with van der Waals surface area (Å²) >= 11 is 0. The predicted molar refractivity (Wildman–Crippen MR) is 87.7 cm³/mol. The minimum Gasteiger partial charge on any atom is -0.370 e. The molecule has 0 amide bonds. The SMILES string of the molecule is CC1Cc2ccccc2N(CC2(C=O)CCCC(C)C2)C1. The molecule has 3 atom stereocenters. The third-order valence-corrected chi connectivity index (χ3v) is 5.32. The Labute approximate surface area is 128 Å². The second kappa shape index (κ2) is 5.82. The lowest BCUT2D eigenvalue weighted by Gasteiger charge is -2.43. The molecular formula is C19H27NO. The van der Waals surface area contributed by atoms with Gasteiger partial charge in [-0.15, -0.1) is 0 Å². The molecule has 0 bridgehead atoms. The Morgan fingerprint density at radius 1 is 1.29 bits per heavy atom. The molecule has 21 heavy (non-hydrogen) atoms. The maximum Gasteiger partial charge on any atom is 0.127 e. The molecule has 3 rings (SSSR count). The van der Waals surface area contributed by atoms with Gasteiger partial charge < -0.3 is 9.69 Å². The number of hydrogen-bond donors (Lipinski definition) is 0. The van der Waals surface area contributed by atoms with Crippen LogP contribution in [0.3, 0.4) is 0 Å². The Hall–Kier alpha value is -1.31. The van der Waals surface area contributed by atoms with Crippen molar-refractivity contribution in [2.24, 2.45) is 17.3 Å². The Balaban J connectivity index is 1.85. The van der Waals surface area contributed by atoms with E-state index in [0.717, 1.165) is 32.4 Å². The quantitative estimate of drug-likeness (QED) is 0.780. The van der Waals surface area contributed by atoms with Crippen molar-refractivity contribution in [3.8, 4) is 0 Å². The van der Waals surface area contributed by atoms with Crippen LogP contribution in [-0.4, -0.2) is 19.4 Å². The first-order valence-electron chi connectivity index (χ1n) is 8.41. The summed E-state index contributed by atoms with van der Waals surface area (Å²) in [4.78, 5) is 14.4. The summed E-state index contributed by atoms with van der Waals surface area (Å²) in [5.74, 6) is 1.35. The molecule has 1 fully saturated rings. The van der Waals surface area contributed by atoms with Gasteiger partial charge in [-0.05, 0) is 42.7 Å². The van der Waals surface area contributed by atoms with Gasteiger partial charge in [-0.25, -0.2) is 0 Å². The van der Waals surface area contributed by atoms with Crippen molar-refractivity contribution < 1.29 is 4.79 Å². The molecule has 2 nitrogen and oxygen atoms in total. The molecule has 0 radical (unpaired) electrons. The maximum atomic E-state index is 11.9. The van der Waals surface area contributed by atoms with Crippen LogP contribution in [-0.2, 0) is 11.2 Å². The first-order chi connectivity index (χ1) is 10.1. The Bertz CT molecular complexity index is 512. The van der Waals surface area contributed by atoms with Crippen molar-refractivity contribution in [2.45, 2.75) is 46.0 Å². The molecule has 1 aromatic rings. The molecule has 1 aliphatic carbocycles. The summed E-state index contributed by atoms with van der Waals surface area (Å²) < 4.78 is 0. The number of benzene rings is 1. The molecule has 2 heteroatoms. The molecule has 0 spiro atoms. The van der Waals surface area contributed by atoms with E-state index in [4.69, 9.17) is 0 Å². The van der Waals surface area contributed by atoms with Crippen molar-refractivity contribution in [3.05, 3.63) is 29.8 Å². The summed E-state index contributed by atoms with van der Waals surface area (Å²) in [6.07, 6.45) is 7.03. The van der Waals surface area contributed by atoms with E-state index in [9.17, 15) is 4.79 Å². The largest absolute Gasteiger partial charge is 0.370 e. The van der Waals surface area contributed by atoms with E-state index in [1.54, 1.807) is 0 Å². The number of fused-ring (bicyclic) bond motifs is 1. The van der Waals surface area contributed by atoms with Crippen molar-refractivity contribution in [3.63, 3.8) is 0 Å². The maximum absolute atomic E-state index is 11.9. The highest BCUT2D eigenvalue weighted by molar-refractivity contribution is 5.63. The minimum absolute atomic E-state index is 0.123. The van der Waals surface area contributed by atoms with Gasteiger partial charge in [0.25, 0.3) is 0 Å². The standard InChI is InChI=1S/C19H27NO/c1-15-6-5-9-19(11-15,14-21)13-20-12-16(2)10-17-7-3-4-8-18(17)20/h3-4,7-8,14-16H,5-6,9-13H2,1-2H3. The molecule has 114 valence electrons. The fourth-order valence-corrected chi connectivity index (χ4v) is 4.42. The second-order valence-corrected chi connectivity index (χ2v) is 7.50. The van der Waals surface area contributed by atoms with E-state index in [-0.39, 0.29) is 5.41 Å². The number of carbonyl (C=O) groups excluding carboxylic acids is 1. The van der Waals surface area contributed by atoms with Gasteiger partial charge in [0, 0.05) is 24.2 Å². The lowest BCUT2D eigenvalue weighted by Crippen LogP contribution is -2.45. The lowest BCUT2D eigenvalue weighted by atomic mass is 9.70. The molecule has 0 N–H and O–H groups in total. The number of carbonyl (C=O) groups is 1. The molecule has 0 saturated heterocycles. The topological polar surface area (TPSA) is 20.3 Å². The number of aldehydes is 1. The fourth-order valence-electron chi connectivity index (χ4n) is 4.42. The van der Waals surface area contributed by atoms with E-state index in [1.165, 1.54) is 30.4 Å². The Morgan fingerprint density at radius 3 is 2.86 bits per heavy atom. The van der Waals surface area contributed by atoms with Crippen molar-refractivity contribution >= 4 is 12.0 Å². The zero-order valence-electron chi connectivity index (χ0n) is 13.3. The molecular weight excluding hydrogens is 258 g/mol. The number of anilines is 1. The fraction of sp³-hybridized carbons (Fsp3) is 0.632. The van der Waals surface area contributed by atoms with Crippen LogP contribution in [0.2, 0.25) is 0 Å². The van der Waals surface area contributed by atoms with Crippen LogP contribution >= 0.6 is 0 Å². The van der Waals surface area contributed by atoms with E-state index < -0.39 is 0 Å².